The van der Waals surface area contributed by atoms with E-state index in [0.717, 1.165) is 22.3 Å². The van der Waals surface area contributed by atoms with E-state index in [1.165, 1.54) is 6.08 Å². The van der Waals surface area contributed by atoms with Crippen molar-refractivity contribution in [1.29, 1.82) is 0 Å². The Kier molecular flexibility index (Phi) is 2.94. The lowest BCUT2D eigenvalue weighted by atomic mass is 9.82. The van der Waals surface area contributed by atoms with Gasteiger partial charge in [0.05, 0.1) is 0 Å². The number of cyclic esters (lactones) is 1. The van der Waals surface area contributed by atoms with Crippen LogP contribution in [-0.4, -0.2) is 5.97 Å². The lowest BCUT2D eigenvalue weighted by molar-refractivity contribution is -0.143. The predicted octanol–water partition coefficient (Wildman–Crippen LogP) is 3.66. The van der Waals surface area contributed by atoms with Crippen LogP contribution in [0.3, 0.4) is 0 Å². The van der Waals surface area contributed by atoms with Crippen molar-refractivity contribution in [2.24, 2.45) is 0 Å². The van der Waals surface area contributed by atoms with Crippen LogP contribution < -0.4 is 0 Å². The molecule has 1 heterocycles. The Bertz CT molecular complexity index is 653. The quantitative estimate of drug-likeness (QED) is 0.774. The summed E-state index contributed by atoms with van der Waals surface area (Å²) in [5.41, 5.74) is 3.44. The number of rotatable bonds is 2. The summed E-state index contributed by atoms with van der Waals surface area (Å²) in [5.74, 6) is -0.295. The first-order chi connectivity index (χ1) is 9.63. The van der Waals surface area contributed by atoms with Crippen molar-refractivity contribution in [2.75, 3.05) is 0 Å². The van der Waals surface area contributed by atoms with E-state index in [0.29, 0.717) is 0 Å². The van der Waals surface area contributed by atoms with Gasteiger partial charge in [-0.05, 0) is 31.1 Å². The first-order valence-electron chi connectivity index (χ1n) is 6.68. The number of hydrogen-bond donors (Lipinski definition) is 0. The topological polar surface area (TPSA) is 26.3 Å². The third-order valence-corrected chi connectivity index (χ3v) is 3.81. The molecular weight excluding hydrogens is 248 g/mol. The van der Waals surface area contributed by atoms with E-state index in [1.807, 2.05) is 68.5 Å². The van der Waals surface area contributed by atoms with E-state index >= 15 is 0 Å². The molecule has 2 aromatic carbocycles. The molecule has 0 atom stereocenters. The number of carbonyl (C=O) groups excluding carboxylic acids is 1. The summed E-state index contributed by atoms with van der Waals surface area (Å²) in [5, 5.41) is 0. The number of hydrogen-bond acceptors (Lipinski definition) is 2. The van der Waals surface area contributed by atoms with Gasteiger partial charge in [-0.1, -0.05) is 48.5 Å². The molecule has 0 bridgehead atoms. The molecule has 0 N–H and O–H groups in total. The van der Waals surface area contributed by atoms with Crippen molar-refractivity contribution in [3.63, 3.8) is 0 Å². The zero-order valence-electron chi connectivity index (χ0n) is 11.6. The smallest absolute Gasteiger partial charge is 0.332 e. The first kappa shape index (κ1) is 12.7. The third kappa shape index (κ3) is 1.85. The maximum Gasteiger partial charge on any atom is 0.332 e. The van der Waals surface area contributed by atoms with Crippen LogP contribution in [0, 0.1) is 13.8 Å². The summed E-state index contributed by atoms with van der Waals surface area (Å²) in [6.45, 7) is 4.07. The lowest BCUT2D eigenvalue weighted by Crippen LogP contribution is -2.29. The molecule has 0 fully saturated rings. The number of ether oxygens (including phenoxy) is 1. The Balaban J connectivity index is 2.27. The molecular formula is C18H16O2. The maximum atomic E-state index is 11.7. The highest BCUT2D eigenvalue weighted by atomic mass is 16.6. The van der Waals surface area contributed by atoms with Crippen molar-refractivity contribution in [1.82, 2.24) is 0 Å². The Hall–Kier alpha value is -2.35. The molecule has 1 aliphatic heterocycles. The number of benzene rings is 2. The average molecular weight is 264 g/mol. The van der Waals surface area contributed by atoms with Crippen LogP contribution in [0.2, 0.25) is 0 Å². The van der Waals surface area contributed by atoms with Gasteiger partial charge in [-0.3, -0.25) is 0 Å². The van der Waals surface area contributed by atoms with E-state index in [4.69, 9.17) is 4.74 Å². The van der Waals surface area contributed by atoms with Crippen LogP contribution >= 0.6 is 0 Å². The normalized spacial score (nSPS) is 16.2. The zero-order valence-corrected chi connectivity index (χ0v) is 11.6. The van der Waals surface area contributed by atoms with Crippen LogP contribution in [0.15, 0.2) is 60.7 Å². The van der Waals surface area contributed by atoms with Crippen molar-refractivity contribution in [2.45, 2.75) is 19.4 Å². The minimum atomic E-state index is -0.798. The Morgan fingerprint density at radius 2 is 1.35 bits per heavy atom. The molecule has 2 aromatic rings. The summed E-state index contributed by atoms with van der Waals surface area (Å²) in [6.07, 6.45) is 3.37. The van der Waals surface area contributed by atoms with Crippen LogP contribution in [0.4, 0.5) is 0 Å². The van der Waals surface area contributed by atoms with Crippen molar-refractivity contribution in [3.8, 4) is 0 Å². The van der Waals surface area contributed by atoms with E-state index < -0.39 is 5.60 Å². The highest BCUT2D eigenvalue weighted by Crippen LogP contribution is 2.41. The monoisotopic (exact) mass is 264 g/mol. The summed E-state index contributed by atoms with van der Waals surface area (Å²) >= 11 is 0. The van der Waals surface area contributed by atoms with E-state index in [9.17, 15) is 4.79 Å². The van der Waals surface area contributed by atoms with Gasteiger partial charge in [0.1, 0.15) is 0 Å². The molecule has 1 aliphatic rings. The second-order valence-corrected chi connectivity index (χ2v) is 5.12. The number of carbonyl (C=O) groups is 1. The van der Waals surface area contributed by atoms with Gasteiger partial charge in [-0.2, -0.15) is 0 Å². The summed E-state index contributed by atoms with van der Waals surface area (Å²) in [6, 6.07) is 16.0. The average Bonchev–Trinajstić information content (AvgIpc) is 2.83. The summed E-state index contributed by atoms with van der Waals surface area (Å²) < 4.78 is 5.73. The highest BCUT2D eigenvalue weighted by molar-refractivity contribution is 5.86. The van der Waals surface area contributed by atoms with Crippen LogP contribution in [-0.2, 0) is 15.1 Å². The maximum absolute atomic E-state index is 11.7. The molecule has 0 unspecified atom stereocenters. The first-order valence-corrected chi connectivity index (χ1v) is 6.68. The molecule has 0 saturated carbocycles. The fourth-order valence-corrected chi connectivity index (χ4v) is 2.83. The fourth-order valence-electron chi connectivity index (χ4n) is 2.83. The molecule has 0 amide bonds. The van der Waals surface area contributed by atoms with Gasteiger partial charge < -0.3 is 4.74 Å². The van der Waals surface area contributed by atoms with Gasteiger partial charge in [0.15, 0.2) is 5.60 Å². The Labute approximate surface area is 118 Å². The molecule has 0 aliphatic carbocycles. The zero-order chi connectivity index (χ0) is 14.2. The summed E-state index contributed by atoms with van der Waals surface area (Å²) in [4.78, 5) is 11.7. The number of aryl methyl sites for hydroxylation is 2. The summed E-state index contributed by atoms with van der Waals surface area (Å²) in [7, 11) is 0. The van der Waals surface area contributed by atoms with E-state index in [1.54, 1.807) is 0 Å². The van der Waals surface area contributed by atoms with Crippen LogP contribution in [0.1, 0.15) is 22.3 Å². The van der Waals surface area contributed by atoms with Crippen LogP contribution in [0.25, 0.3) is 0 Å². The molecule has 3 rings (SSSR count). The Morgan fingerprint density at radius 3 is 1.75 bits per heavy atom. The standard InChI is InChI=1S/C18H16O2/c1-13-7-3-5-9-15(13)18(12-11-17(19)20-18)16-10-6-4-8-14(16)2/h3-12H,1-2H3. The highest BCUT2D eigenvalue weighted by Gasteiger charge is 2.41. The molecule has 0 spiro atoms. The van der Waals surface area contributed by atoms with Gasteiger partial charge in [0.25, 0.3) is 0 Å². The third-order valence-electron chi connectivity index (χ3n) is 3.81. The minimum absolute atomic E-state index is 0.295. The van der Waals surface area contributed by atoms with E-state index in [2.05, 4.69) is 0 Å². The predicted molar refractivity (Wildman–Crippen MR) is 78.4 cm³/mol. The van der Waals surface area contributed by atoms with Gasteiger partial charge in [0.2, 0.25) is 0 Å². The molecule has 2 heteroatoms. The second-order valence-electron chi connectivity index (χ2n) is 5.12. The molecule has 100 valence electrons. The van der Waals surface area contributed by atoms with Gasteiger partial charge in [-0.25, -0.2) is 4.79 Å². The van der Waals surface area contributed by atoms with E-state index in [-0.39, 0.29) is 5.97 Å². The molecule has 0 aromatic heterocycles. The second kappa shape index (κ2) is 4.64. The van der Waals surface area contributed by atoms with Gasteiger partial charge in [-0.15, -0.1) is 0 Å². The van der Waals surface area contributed by atoms with Crippen molar-refractivity contribution in [3.05, 3.63) is 82.9 Å². The molecule has 20 heavy (non-hydrogen) atoms. The molecule has 2 nitrogen and oxygen atoms in total. The molecule has 0 saturated heterocycles. The fraction of sp³-hybridized carbons (Fsp3) is 0.167. The Morgan fingerprint density at radius 1 is 0.850 bits per heavy atom. The minimum Gasteiger partial charge on any atom is -0.442 e. The van der Waals surface area contributed by atoms with Gasteiger partial charge >= 0.3 is 5.97 Å². The molecule has 0 radical (unpaired) electrons. The van der Waals surface area contributed by atoms with Gasteiger partial charge in [0, 0.05) is 17.2 Å². The lowest BCUT2D eigenvalue weighted by Gasteiger charge is -2.30. The van der Waals surface area contributed by atoms with Crippen molar-refractivity contribution >= 4 is 5.97 Å². The van der Waals surface area contributed by atoms with Crippen LogP contribution in [0.5, 0.6) is 0 Å². The number of esters is 1. The SMILES string of the molecule is Cc1ccccc1C1(c2ccccc2C)C=CC(=O)O1. The largest absolute Gasteiger partial charge is 0.442 e. The van der Waals surface area contributed by atoms with Crippen molar-refractivity contribution < 1.29 is 9.53 Å².